The predicted octanol–water partition coefficient (Wildman–Crippen LogP) is 1.93. The number of rotatable bonds is 9. The van der Waals surface area contributed by atoms with E-state index in [2.05, 4.69) is 17.6 Å². The Bertz CT molecular complexity index is 262. The molecule has 6 heteroatoms. The summed E-state index contributed by atoms with van der Waals surface area (Å²) in [5.41, 5.74) is 0. The largest absolute Gasteiger partial charge is 0.481 e. The summed E-state index contributed by atoms with van der Waals surface area (Å²) in [7, 11) is 0. The van der Waals surface area contributed by atoms with Gasteiger partial charge in [-0.05, 0) is 25.0 Å². The molecule has 0 fully saturated rings. The average Bonchev–Trinajstić information content (AvgIpc) is 2.33. The van der Waals surface area contributed by atoms with Gasteiger partial charge in [0.05, 0.1) is 0 Å². The number of hydrogen-bond acceptors (Lipinski definition) is 3. The molecule has 18 heavy (non-hydrogen) atoms. The van der Waals surface area contributed by atoms with Crippen molar-refractivity contribution in [1.82, 2.24) is 10.6 Å². The lowest BCUT2D eigenvalue weighted by atomic mass is 10.0. The van der Waals surface area contributed by atoms with E-state index in [1.807, 2.05) is 13.2 Å². The van der Waals surface area contributed by atoms with E-state index < -0.39 is 5.97 Å². The van der Waals surface area contributed by atoms with E-state index in [4.69, 9.17) is 5.11 Å². The summed E-state index contributed by atoms with van der Waals surface area (Å²) in [6.45, 7) is 5.29. The molecular weight excluding hydrogens is 252 g/mol. The van der Waals surface area contributed by atoms with E-state index in [1.54, 1.807) is 11.8 Å². The Kier molecular flexibility index (Phi) is 9.55. The molecule has 2 unspecified atom stereocenters. The topological polar surface area (TPSA) is 78.4 Å². The maximum Gasteiger partial charge on any atom is 0.314 e. The van der Waals surface area contributed by atoms with Crippen molar-refractivity contribution in [1.29, 1.82) is 0 Å². The van der Waals surface area contributed by atoms with Crippen LogP contribution < -0.4 is 10.6 Å². The molecule has 0 bridgehead atoms. The fraction of sp³-hybridized carbons (Fsp3) is 0.833. The van der Waals surface area contributed by atoms with Crippen LogP contribution in [0.3, 0.4) is 0 Å². The molecule has 106 valence electrons. The van der Waals surface area contributed by atoms with Crippen LogP contribution in [0.4, 0.5) is 4.79 Å². The van der Waals surface area contributed by atoms with Crippen LogP contribution in [0.25, 0.3) is 0 Å². The standard InChI is InChI=1S/C12H24N2O3S/c1-9(4-5-11(15)16)6-7-13-12(17)14-8-10(2)18-3/h9-10H,4-8H2,1-3H3,(H,15,16)(H2,13,14,17). The van der Waals surface area contributed by atoms with E-state index in [-0.39, 0.29) is 12.5 Å². The second kappa shape index (κ2) is 10.1. The molecule has 0 aromatic heterocycles. The predicted molar refractivity (Wildman–Crippen MR) is 75.0 cm³/mol. The van der Waals surface area contributed by atoms with Gasteiger partial charge < -0.3 is 15.7 Å². The molecule has 0 saturated heterocycles. The van der Waals surface area contributed by atoms with Crippen molar-refractivity contribution in [3.63, 3.8) is 0 Å². The highest BCUT2D eigenvalue weighted by molar-refractivity contribution is 7.99. The van der Waals surface area contributed by atoms with Gasteiger partial charge in [-0.25, -0.2) is 4.79 Å². The van der Waals surface area contributed by atoms with Crippen LogP contribution in [0.1, 0.15) is 33.1 Å². The van der Waals surface area contributed by atoms with E-state index in [1.165, 1.54) is 0 Å². The summed E-state index contributed by atoms with van der Waals surface area (Å²) in [6.07, 6.45) is 3.66. The molecule has 0 aromatic rings. The molecule has 0 aromatic carbocycles. The van der Waals surface area contributed by atoms with Crippen molar-refractivity contribution >= 4 is 23.8 Å². The lowest BCUT2D eigenvalue weighted by molar-refractivity contribution is -0.137. The number of urea groups is 1. The van der Waals surface area contributed by atoms with Crippen LogP contribution in [-0.4, -0.2) is 41.7 Å². The van der Waals surface area contributed by atoms with Crippen molar-refractivity contribution in [3.8, 4) is 0 Å². The van der Waals surface area contributed by atoms with Gasteiger partial charge in [0.15, 0.2) is 0 Å². The Labute approximate surface area is 113 Å². The Morgan fingerprint density at radius 3 is 2.44 bits per heavy atom. The van der Waals surface area contributed by atoms with E-state index in [0.717, 1.165) is 6.42 Å². The van der Waals surface area contributed by atoms with E-state index in [9.17, 15) is 9.59 Å². The molecule has 0 aliphatic heterocycles. The van der Waals surface area contributed by atoms with Gasteiger partial charge in [0, 0.05) is 24.8 Å². The second-order valence-electron chi connectivity index (χ2n) is 4.51. The first-order valence-corrected chi connectivity index (χ1v) is 7.50. The number of amides is 2. The molecule has 5 nitrogen and oxygen atoms in total. The van der Waals surface area contributed by atoms with Crippen LogP contribution >= 0.6 is 11.8 Å². The first-order chi connectivity index (χ1) is 8.45. The Morgan fingerprint density at radius 1 is 1.22 bits per heavy atom. The van der Waals surface area contributed by atoms with Crippen LogP contribution in [0.15, 0.2) is 0 Å². The van der Waals surface area contributed by atoms with Gasteiger partial charge >= 0.3 is 12.0 Å². The first kappa shape index (κ1) is 17.1. The van der Waals surface area contributed by atoms with Crippen molar-refractivity contribution < 1.29 is 14.7 Å². The number of aliphatic carboxylic acids is 1. The van der Waals surface area contributed by atoms with E-state index in [0.29, 0.717) is 30.7 Å². The smallest absolute Gasteiger partial charge is 0.314 e. The maximum atomic E-state index is 11.4. The number of thioether (sulfide) groups is 1. The summed E-state index contributed by atoms with van der Waals surface area (Å²) in [5, 5.41) is 14.5. The Morgan fingerprint density at radius 2 is 1.89 bits per heavy atom. The van der Waals surface area contributed by atoms with Crippen LogP contribution in [0.5, 0.6) is 0 Å². The summed E-state index contributed by atoms with van der Waals surface area (Å²) in [6, 6.07) is -0.152. The lowest BCUT2D eigenvalue weighted by Crippen LogP contribution is -2.39. The summed E-state index contributed by atoms with van der Waals surface area (Å²) >= 11 is 1.71. The van der Waals surface area contributed by atoms with Gasteiger partial charge in [-0.15, -0.1) is 0 Å². The minimum absolute atomic E-state index is 0.152. The molecule has 0 spiro atoms. The van der Waals surface area contributed by atoms with Gasteiger partial charge in [-0.1, -0.05) is 13.8 Å². The zero-order valence-electron chi connectivity index (χ0n) is 11.4. The molecule has 2 atom stereocenters. The van der Waals surface area contributed by atoms with Gasteiger partial charge in [-0.3, -0.25) is 4.79 Å². The highest BCUT2D eigenvalue weighted by Crippen LogP contribution is 2.09. The van der Waals surface area contributed by atoms with Gasteiger partial charge in [0.1, 0.15) is 0 Å². The highest BCUT2D eigenvalue weighted by atomic mass is 32.2. The molecule has 0 saturated carbocycles. The third-order valence-corrected chi connectivity index (χ3v) is 3.70. The molecule has 0 aliphatic rings. The summed E-state index contributed by atoms with van der Waals surface area (Å²) in [4.78, 5) is 21.8. The number of carbonyl (C=O) groups is 2. The molecule has 2 amide bonds. The second-order valence-corrected chi connectivity index (χ2v) is 5.79. The van der Waals surface area contributed by atoms with Gasteiger partial charge in [0.2, 0.25) is 0 Å². The fourth-order valence-corrected chi connectivity index (χ4v) is 1.58. The quantitative estimate of drug-likeness (QED) is 0.601. The SMILES string of the molecule is CSC(C)CNC(=O)NCCC(C)CCC(=O)O. The number of carboxylic acids is 1. The van der Waals surface area contributed by atoms with E-state index >= 15 is 0 Å². The lowest BCUT2D eigenvalue weighted by Gasteiger charge is -2.13. The zero-order valence-corrected chi connectivity index (χ0v) is 12.2. The number of carboxylic acid groups (broad SMARTS) is 1. The minimum Gasteiger partial charge on any atom is -0.481 e. The summed E-state index contributed by atoms with van der Waals surface area (Å²) in [5.74, 6) is -0.454. The fourth-order valence-electron chi connectivity index (χ4n) is 1.33. The summed E-state index contributed by atoms with van der Waals surface area (Å²) < 4.78 is 0. The molecule has 0 heterocycles. The van der Waals surface area contributed by atoms with Gasteiger partial charge in [-0.2, -0.15) is 11.8 Å². The molecule has 0 radical (unpaired) electrons. The molecule has 0 rings (SSSR count). The van der Waals surface area contributed by atoms with Crippen molar-refractivity contribution in [2.45, 2.75) is 38.4 Å². The Balaban J connectivity index is 3.52. The zero-order chi connectivity index (χ0) is 14.0. The van der Waals surface area contributed by atoms with Gasteiger partial charge in [0.25, 0.3) is 0 Å². The first-order valence-electron chi connectivity index (χ1n) is 6.22. The minimum atomic E-state index is -0.765. The number of carbonyl (C=O) groups excluding carboxylic acids is 1. The van der Waals surface area contributed by atoms with Crippen molar-refractivity contribution in [2.24, 2.45) is 5.92 Å². The van der Waals surface area contributed by atoms with Crippen molar-refractivity contribution in [2.75, 3.05) is 19.3 Å². The van der Waals surface area contributed by atoms with Crippen LogP contribution in [0, 0.1) is 5.92 Å². The van der Waals surface area contributed by atoms with Crippen molar-refractivity contribution in [3.05, 3.63) is 0 Å². The normalized spacial score (nSPS) is 13.7. The highest BCUT2D eigenvalue weighted by Gasteiger charge is 2.07. The third kappa shape index (κ3) is 10.3. The average molecular weight is 276 g/mol. The maximum absolute atomic E-state index is 11.4. The monoisotopic (exact) mass is 276 g/mol. The Hall–Kier alpha value is -0.910. The third-order valence-electron chi connectivity index (χ3n) is 2.73. The van der Waals surface area contributed by atoms with Crippen LogP contribution in [-0.2, 0) is 4.79 Å². The number of hydrogen-bond donors (Lipinski definition) is 3. The number of nitrogens with one attached hydrogen (secondary N) is 2. The van der Waals surface area contributed by atoms with Crippen LogP contribution in [0.2, 0.25) is 0 Å². The molecule has 3 N–H and O–H groups in total. The molecule has 0 aliphatic carbocycles. The molecular formula is C12H24N2O3S.